The van der Waals surface area contributed by atoms with Gasteiger partial charge in [-0.3, -0.25) is 4.79 Å². The Hall–Kier alpha value is -0.940. The molecule has 1 amide bonds. The van der Waals surface area contributed by atoms with E-state index in [0.29, 0.717) is 4.47 Å². The van der Waals surface area contributed by atoms with E-state index in [1.807, 2.05) is 20.8 Å². The van der Waals surface area contributed by atoms with Gasteiger partial charge >= 0.3 is 0 Å². The molecule has 0 aliphatic heterocycles. The van der Waals surface area contributed by atoms with E-state index < -0.39 is 5.82 Å². The Labute approximate surface area is 109 Å². The lowest BCUT2D eigenvalue weighted by Gasteiger charge is -2.20. The van der Waals surface area contributed by atoms with Crippen molar-refractivity contribution >= 4 is 27.5 Å². The fourth-order valence-electron chi connectivity index (χ4n) is 1.13. The molecule has 0 bridgehead atoms. The van der Waals surface area contributed by atoms with Crippen LogP contribution in [0.4, 0.5) is 10.1 Å². The lowest BCUT2D eigenvalue weighted by molar-refractivity contribution is -0.115. The predicted octanol–water partition coefficient (Wildman–Crippen LogP) is 2.91. The number of anilines is 1. The summed E-state index contributed by atoms with van der Waals surface area (Å²) in [5.41, 5.74) is 0.0456. The summed E-state index contributed by atoms with van der Waals surface area (Å²) in [6, 6.07) is 4.51. The molecule has 1 aromatic rings. The van der Waals surface area contributed by atoms with Gasteiger partial charge in [-0.05, 0) is 39.0 Å². The summed E-state index contributed by atoms with van der Waals surface area (Å²) in [7, 11) is 0. The molecule has 0 aliphatic carbocycles. The molecule has 94 valence electrons. The van der Waals surface area contributed by atoms with Crippen molar-refractivity contribution in [3.63, 3.8) is 0 Å². The van der Waals surface area contributed by atoms with E-state index in [1.54, 1.807) is 6.07 Å². The Morgan fingerprint density at radius 3 is 2.59 bits per heavy atom. The molecular weight excluding hydrogens is 287 g/mol. The Balaban J connectivity index is 2.57. The zero-order valence-corrected chi connectivity index (χ0v) is 11.7. The second-order valence-corrected chi connectivity index (χ2v) is 5.69. The fourth-order valence-corrected chi connectivity index (χ4v) is 1.46. The highest BCUT2D eigenvalue weighted by Gasteiger charge is 2.12. The summed E-state index contributed by atoms with van der Waals surface area (Å²) in [5.74, 6) is -0.718. The molecule has 0 saturated carbocycles. The largest absolute Gasteiger partial charge is 0.322 e. The Bertz CT molecular complexity index is 415. The number of halogens is 2. The molecule has 0 heterocycles. The zero-order chi connectivity index (χ0) is 13.1. The van der Waals surface area contributed by atoms with E-state index in [0.717, 1.165) is 0 Å². The molecule has 17 heavy (non-hydrogen) atoms. The van der Waals surface area contributed by atoms with Gasteiger partial charge < -0.3 is 10.6 Å². The molecule has 0 saturated heterocycles. The van der Waals surface area contributed by atoms with Gasteiger partial charge in [-0.25, -0.2) is 4.39 Å². The van der Waals surface area contributed by atoms with Gasteiger partial charge in [0.15, 0.2) is 0 Å². The van der Waals surface area contributed by atoms with Gasteiger partial charge in [0.05, 0.1) is 12.2 Å². The number of hydrogen-bond acceptors (Lipinski definition) is 2. The van der Waals surface area contributed by atoms with Gasteiger partial charge in [0.25, 0.3) is 0 Å². The molecule has 3 nitrogen and oxygen atoms in total. The minimum Gasteiger partial charge on any atom is -0.322 e. The van der Waals surface area contributed by atoms with E-state index >= 15 is 0 Å². The number of amides is 1. The quantitative estimate of drug-likeness (QED) is 0.901. The standard InChI is InChI=1S/C12H16BrFN2O/c1-12(2,3)15-7-11(17)16-10-5-4-8(13)6-9(10)14/h4-6,15H,7H2,1-3H3,(H,16,17). The molecule has 0 aliphatic rings. The number of carbonyl (C=O) groups excluding carboxylic acids is 1. The third-order valence-electron chi connectivity index (χ3n) is 1.98. The summed E-state index contributed by atoms with van der Waals surface area (Å²) in [4.78, 5) is 11.5. The number of rotatable bonds is 3. The fraction of sp³-hybridized carbons (Fsp3) is 0.417. The van der Waals surface area contributed by atoms with Crippen LogP contribution in [0.3, 0.4) is 0 Å². The van der Waals surface area contributed by atoms with Crippen LogP contribution < -0.4 is 10.6 Å². The highest BCUT2D eigenvalue weighted by molar-refractivity contribution is 9.10. The van der Waals surface area contributed by atoms with Gasteiger partial charge in [-0.2, -0.15) is 0 Å². The number of nitrogens with one attached hydrogen (secondary N) is 2. The van der Waals surface area contributed by atoms with Crippen molar-refractivity contribution in [3.8, 4) is 0 Å². The molecule has 5 heteroatoms. The normalized spacial score (nSPS) is 11.4. The van der Waals surface area contributed by atoms with Crippen LogP contribution in [0.1, 0.15) is 20.8 Å². The lowest BCUT2D eigenvalue weighted by atomic mass is 10.1. The molecule has 0 radical (unpaired) electrons. The van der Waals surface area contributed by atoms with E-state index in [4.69, 9.17) is 0 Å². The molecule has 1 aromatic carbocycles. The minimum atomic E-state index is -0.455. The molecule has 0 aromatic heterocycles. The van der Waals surface area contributed by atoms with Crippen molar-refractivity contribution in [2.45, 2.75) is 26.3 Å². The van der Waals surface area contributed by atoms with Crippen molar-refractivity contribution in [3.05, 3.63) is 28.5 Å². The van der Waals surface area contributed by atoms with Crippen molar-refractivity contribution in [2.75, 3.05) is 11.9 Å². The lowest BCUT2D eigenvalue weighted by Crippen LogP contribution is -2.41. The van der Waals surface area contributed by atoms with E-state index in [-0.39, 0.29) is 23.7 Å². The molecular formula is C12H16BrFN2O. The summed E-state index contributed by atoms with van der Waals surface area (Å²) in [5, 5.41) is 5.54. The smallest absolute Gasteiger partial charge is 0.238 e. The zero-order valence-electron chi connectivity index (χ0n) is 10.1. The first-order chi connectivity index (χ1) is 7.78. The highest BCUT2D eigenvalue weighted by Crippen LogP contribution is 2.19. The van der Waals surface area contributed by atoms with E-state index in [1.165, 1.54) is 12.1 Å². The van der Waals surface area contributed by atoms with Crippen LogP contribution in [-0.4, -0.2) is 18.0 Å². The van der Waals surface area contributed by atoms with Crippen molar-refractivity contribution in [2.24, 2.45) is 0 Å². The van der Waals surface area contributed by atoms with Gasteiger partial charge in [0.2, 0.25) is 5.91 Å². The van der Waals surface area contributed by atoms with Crippen LogP contribution in [0, 0.1) is 5.82 Å². The van der Waals surface area contributed by atoms with Crippen LogP contribution in [0.2, 0.25) is 0 Å². The number of benzene rings is 1. The molecule has 1 rings (SSSR count). The van der Waals surface area contributed by atoms with E-state index in [9.17, 15) is 9.18 Å². The summed E-state index contributed by atoms with van der Waals surface area (Å²) in [6.07, 6.45) is 0. The first kappa shape index (κ1) is 14.1. The van der Waals surface area contributed by atoms with Crippen LogP contribution in [0.15, 0.2) is 22.7 Å². The summed E-state index contributed by atoms with van der Waals surface area (Å²) < 4.78 is 14.1. The van der Waals surface area contributed by atoms with Gasteiger partial charge in [-0.15, -0.1) is 0 Å². The second-order valence-electron chi connectivity index (χ2n) is 4.78. The minimum absolute atomic E-state index is 0.143. The molecule has 0 atom stereocenters. The molecule has 0 spiro atoms. The maximum atomic E-state index is 13.4. The predicted molar refractivity (Wildman–Crippen MR) is 70.5 cm³/mol. The highest BCUT2D eigenvalue weighted by atomic mass is 79.9. The first-order valence-electron chi connectivity index (χ1n) is 5.28. The molecule has 0 unspecified atom stereocenters. The van der Waals surface area contributed by atoms with Crippen LogP contribution in [-0.2, 0) is 4.79 Å². The van der Waals surface area contributed by atoms with Crippen LogP contribution in [0.5, 0.6) is 0 Å². The Morgan fingerprint density at radius 1 is 1.41 bits per heavy atom. The third-order valence-corrected chi connectivity index (χ3v) is 2.48. The van der Waals surface area contributed by atoms with Crippen LogP contribution in [0.25, 0.3) is 0 Å². The Morgan fingerprint density at radius 2 is 2.06 bits per heavy atom. The molecule has 2 N–H and O–H groups in total. The topological polar surface area (TPSA) is 41.1 Å². The second kappa shape index (κ2) is 5.60. The first-order valence-corrected chi connectivity index (χ1v) is 6.07. The summed E-state index contributed by atoms with van der Waals surface area (Å²) in [6.45, 7) is 6.03. The SMILES string of the molecule is CC(C)(C)NCC(=O)Nc1ccc(Br)cc1F. The van der Waals surface area contributed by atoms with Gasteiger partial charge in [0, 0.05) is 10.0 Å². The number of carbonyl (C=O) groups is 1. The Kier molecular flexibility index (Phi) is 4.65. The maximum Gasteiger partial charge on any atom is 0.238 e. The van der Waals surface area contributed by atoms with Crippen molar-refractivity contribution in [1.82, 2.24) is 5.32 Å². The third kappa shape index (κ3) is 5.28. The monoisotopic (exact) mass is 302 g/mol. The maximum absolute atomic E-state index is 13.4. The van der Waals surface area contributed by atoms with Crippen molar-refractivity contribution in [1.29, 1.82) is 0 Å². The van der Waals surface area contributed by atoms with Crippen LogP contribution >= 0.6 is 15.9 Å². The number of hydrogen-bond donors (Lipinski definition) is 2. The van der Waals surface area contributed by atoms with Crippen molar-refractivity contribution < 1.29 is 9.18 Å². The summed E-state index contributed by atoms with van der Waals surface area (Å²) >= 11 is 3.15. The van der Waals surface area contributed by atoms with Gasteiger partial charge in [-0.1, -0.05) is 15.9 Å². The van der Waals surface area contributed by atoms with Gasteiger partial charge in [0.1, 0.15) is 5.82 Å². The molecule has 0 fully saturated rings. The van der Waals surface area contributed by atoms with E-state index in [2.05, 4.69) is 26.6 Å². The average molecular weight is 303 g/mol. The average Bonchev–Trinajstić information content (AvgIpc) is 2.18.